The molecule has 1 aliphatic rings. The van der Waals surface area contributed by atoms with Crippen molar-refractivity contribution in [2.24, 2.45) is 5.73 Å². The smallest absolute Gasteiger partial charge is 0.241 e. The van der Waals surface area contributed by atoms with Crippen LogP contribution in [0.1, 0.15) is 31.2 Å². The lowest BCUT2D eigenvalue weighted by molar-refractivity contribution is -0.113. The second kappa shape index (κ2) is 5.36. The van der Waals surface area contributed by atoms with E-state index in [4.69, 9.17) is 5.73 Å². The Balaban J connectivity index is 1.88. The van der Waals surface area contributed by atoms with Gasteiger partial charge in [0.05, 0.1) is 11.9 Å². The van der Waals surface area contributed by atoms with Crippen LogP contribution in [-0.4, -0.2) is 21.9 Å². The van der Waals surface area contributed by atoms with Crippen LogP contribution < -0.4 is 11.1 Å². The number of H-pyrrole nitrogens is 1. The van der Waals surface area contributed by atoms with E-state index in [2.05, 4.69) is 21.4 Å². The van der Waals surface area contributed by atoms with Crippen molar-refractivity contribution < 1.29 is 4.79 Å². The average molecular weight is 270 g/mol. The van der Waals surface area contributed by atoms with Gasteiger partial charge >= 0.3 is 0 Å². The zero-order valence-corrected chi connectivity index (χ0v) is 11.2. The molecule has 1 saturated carbocycles. The molecule has 1 aliphatic carbocycles. The normalized spacial score (nSPS) is 16.2. The molecule has 0 atom stereocenters. The summed E-state index contributed by atoms with van der Waals surface area (Å²) in [4.78, 5) is 18.3. The molecule has 0 spiro atoms. The summed E-state index contributed by atoms with van der Waals surface area (Å²) in [6.45, 7) is 0. The summed E-state index contributed by atoms with van der Waals surface area (Å²) in [5.41, 5.74) is 7.88. The molecule has 2 heterocycles. The number of hydrogen-bond acceptors (Lipinski definition) is 3. The Morgan fingerprint density at radius 3 is 3.00 bits per heavy atom. The maximum atomic E-state index is 10.8. The van der Waals surface area contributed by atoms with Gasteiger partial charge in [0, 0.05) is 29.3 Å². The summed E-state index contributed by atoms with van der Waals surface area (Å²) in [7, 11) is 0. The Labute approximate surface area is 117 Å². The lowest BCUT2D eigenvalue weighted by Crippen LogP contribution is -2.14. The third-order valence-electron chi connectivity index (χ3n) is 3.72. The van der Waals surface area contributed by atoms with Crippen LogP contribution in [0.15, 0.2) is 24.5 Å². The Hall–Kier alpha value is -2.30. The number of aromatic amines is 1. The summed E-state index contributed by atoms with van der Waals surface area (Å²) in [6, 6.07) is 2.62. The minimum absolute atomic E-state index is 0.451. The van der Waals surface area contributed by atoms with Gasteiger partial charge in [0.15, 0.2) is 0 Å². The Kier molecular flexibility index (Phi) is 3.41. The molecule has 0 bridgehead atoms. The van der Waals surface area contributed by atoms with Gasteiger partial charge in [-0.05, 0) is 25.0 Å². The van der Waals surface area contributed by atoms with Crippen LogP contribution in [0, 0.1) is 0 Å². The van der Waals surface area contributed by atoms with Crippen molar-refractivity contribution in [3.63, 3.8) is 0 Å². The summed E-state index contributed by atoms with van der Waals surface area (Å²) >= 11 is 0. The minimum atomic E-state index is -0.451. The number of fused-ring (bicyclic) bond motifs is 1. The highest BCUT2D eigenvalue weighted by atomic mass is 16.1. The predicted octanol–water partition coefficient (Wildman–Crippen LogP) is 2.42. The van der Waals surface area contributed by atoms with Gasteiger partial charge in [-0.25, -0.2) is 4.98 Å². The maximum Gasteiger partial charge on any atom is 0.241 e. The lowest BCUT2D eigenvalue weighted by atomic mass is 10.2. The number of nitrogens with zero attached hydrogens (tertiary/aromatic N) is 1. The molecule has 2 aromatic heterocycles. The first kappa shape index (κ1) is 12.7. The van der Waals surface area contributed by atoms with E-state index in [1.165, 1.54) is 31.8 Å². The Morgan fingerprint density at radius 1 is 1.45 bits per heavy atom. The predicted molar refractivity (Wildman–Crippen MR) is 80.2 cm³/mol. The first-order valence-corrected chi connectivity index (χ1v) is 6.93. The number of carbonyl (C=O) groups excluding carboxylic acids is 1. The SMILES string of the molecule is NC(=O)C=Cc1c[nH]c2ncc(NC3CCCC3)cc12. The van der Waals surface area contributed by atoms with Crippen molar-refractivity contribution in [2.45, 2.75) is 31.7 Å². The number of carbonyl (C=O) groups is 1. The number of hydrogen-bond donors (Lipinski definition) is 3. The number of amides is 1. The van der Waals surface area contributed by atoms with Crippen LogP contribution in [0.25, 0.3) is 17.1 Å². The molecule has 5 heteroatoms. The van der Waals surface area contributed by atoms with Gasteiger partial charge in [0.25, 0.3) is 0 Å². The van der Waals surface area contributed by atoms with Crippen molar-refractivity contribution in [2.75, 3.05) is 5.32 Å². The second-order valence-corrected chi connectivity index (χ2v) is 5.23. The van der Waals surface area contributed by atoms with E-state index in [0.29, 0.717) is 6.04 Å². The summed E-state index contributed by atoms with van der Waals surface area (Å²) in [6.07, 6.45) is 11.8. The Morgan fingerprint density at radius 2 is 2.25 bits per heavy atom. The van der Waals surface area contributed by atoms with Gasteiger partial charge in [0.2, 0.25) is 5.91 Å². The molecule has 5 nitrogen and oxygen atoms in total. The standard InChI is InChI=1S/C15H18N4O/c16-14(20)6-5-10-8-17-15-13(10)7-12(9-18-15)19-11-3-1-2-4-11/h5-9,11,19H,1-4H2,(H2,16,20)(H,17,18). The van der Waals surface area contributed by atoms with E-state index in [1.807, 2.05) is 12.4 Å². The van der Waals surface area contributed by atoms with Crippen molar-refractivity contribution in [3.05, 3.63) is 30.1 Å². The third-order valence-corrected chi connectivity index (χ3v) is 3.72. The number of anilines is 1. The van der Waals surface area contributed by atoms with Crippen LogP contribution in [-0.2, 0) is 4.79 Å². The number of pyridine rings is 1. The molecule has 0 saturated heterocycles. The second-order valence-electron chi connectivity index (χ2n) is 5.23. The molecular formula is C15H18N4O. The van der Waals surface area contributed by atoms with Gasteiger partial charge in [-0.2, -0.15) is 0 Å². The van der Waals surface area contributed by atoms with Gasteiger partial charge < -0.3 is 16.0 Å². The number of aromatic nitrogens is 2. The fourth-order valence-corrected chi connectivity index (χ4v) is 2.72. The fourth-order valence-electron chi connectivity index (χ4n) is 2.72. The quantitative estimate of drug-likeness (QED) is 0.746. The molecule has 2 aromatic rings. The lowest BCUT2D eigenvalue weighted by Gasteiger charge is -2.12. The van der Waals surface area contributed by atoms with Crippen LogP contribution in [0.4, 0.5) is 5.69 Å². The molecule has 0 unspecified atom stereocenters. The molecule has 4 N–H and O–H groups in total. The van der Waals surface area contributed by atoms with Crippen LogP contribution in [0.5, 0.6) is 0 Å². The Bertz CT molecular complexity index is 653. The van der Waals surface area contributed by atoms with Gasteiger partial charge in [-0.15, -0.1) is 0 Å². The van der Waals surface area contributed by atoms with E-state index in [0.717, 1.165) is 22.3 Å². The first-order valence-electron chi connectivity index (χ1n) is 6.93. The highest BCUT2D eigenvalue weighted by Crippen LogP contribution is 2.25. The summed E-state index contributed by atoms with van der Waals surface area (Å²) < 4.78 is 0. The molecular weight excluding hydrogens is 252 g/mol. The zero-order chi connectivity index (χ0) is 13.9. The van der Waals surface area contributed by atoms with Crippen molar-refractivity contribution in [1.29, 1.82) is 0 Å². The molecule has 0 aliphatic heterocycles. The summed E-state index contributed by atoms with van der Waals surface area (Å²) in [5.74, 6) is -0.451. The zero-order valence-electron chi connectivity index (χ0n) is 11.2. The van der Waals surface area contributed by atoms with Gasteiger partial charge in [-0.1, -0.05) is 12.8 Å². The van der Waals surface area contributed by atoms with E-state index >= 15 is 0 Å². The molecule has 104 valence electrons. The van der Waals surface area contributed by atoms with Crippen LogP contribution in [0.3, 0.4) is 0 Å². The van der Waals surface area contributed by atoms with Gasteiger partial charge in [0.1, 0.15) is 5.65 Å². The van der Waals surface area contributed by atoms with Crippen LogP contribution >= 0.6 is 0 Å². The molecule has 20 heavy (non-hydrogen) atoms. The highest BCUT2D eigenvalue weighted by molar-refractivity contribution is 5.95. The van der Waals surface area contributed by atoms with Gasteiger partial charge in [-0.3, -0.25) is 4.79 Å². The molecule has 0 radical (unpaired) electrons. The molecule has 1 fully saturated rings. The number of nitrogens with two attached hydrogens (primary N) is 1. The third kappa shape index (κ3) is 2.66. The minimum Gasteiger partial charge on any atom is -0.381 e. The average Bonchev–Trinajstić information content (AvgIpc) is 3.05. The molecule has 1 amide bonds. The summed E-state index contributed by atoms with van der Waals surface area (Å²) in [5, 5.41) is 4.51. The number of nitrogens with one attached hydrogen (secondary N) is 2. The van der Waals surface area contributed by atoms with E-state index in [9.17, 15) is 4.79 Å². The largest absolute Gasteiger partial charge is 0.381 e. The van der Waals surface area contributed by atoms with E-state index in [1.54, 1.807) is 6.08 Å². The molecule has 0 aromatic carbocycles. The van der Waals surface area contributed by atoms with E-state index < -0.39 is 5.91 Å². The van der Waals surface area contributed by atoms with E-state index in [-0.39, 0.29) is 0 Å². The topological polar surface area (TPSA) is 83.8 Å². The van der Waals surface area contributed by atoms with Crippen molar-refractivity contribution in [1.82, 2.24) is 9.97 Å². The van der Waals surface area contributed by atoms with Crippen molar-refractivity contribution in [3.8, 4) is 0 Å². The molecule has 3 rings (SSSR count). The monoisotopic (exact) mass is 270 g/mol. The number of primary amides is 1. The first-order chi connectivity index (χ1) is 9.72. The fraction of sp³-hybridized carbons (Fsp3) is 0.333. The number of rotatable bonds is 4. The van der Waals surface area contributed by atoms with Crippen molar-refractivity contribution >= 4 is 28.7 Å². The highest BCUT2D eigenvalue weighted by Gasteiger charge is 2.15. The maximum absolute atomic E-state index is 10.8. The van der Waals surface area contributed by atoms with Crippen LogP contribution in [0.2, 0.25) is 0 Å².